The third-order valence-electron chi connectivity index (χ3n) is 3.78. The maximum Gasteiger partial charge on any atom is 0.262 e. The lowest BCUT2D eigenvalue weighted by Crippen LogP contribution is -2.34. The van der Waals surface area contributed by atoms with Crippen LogP contribution in [0.1, 0.15) is 12.5 Å². The van der Waals surface area contributed by atoms with E-state index in [0.717, 1.165) is 16.6 Å². The summed E-state index contributed by atoms with van der Waals surface area (Å²) in [4.78, 5) is 12.1. The van der Waals surface area contributed by atoms with E-state index in [1.165, 1.54) is 5.39 Å². The van der Waals surface area contributed by atoms with Gasteiger partial charge in [-0.1, -0.05) is 48.0 Å². The number of nitrogens with zero attached hydrogens (tertiary/aromatic N) is 1. The lowest BCUT2D eigenvalue weighted by atomic mass is 10.1. The second-order valence-corrected chi connectivity index (χ2v) is 6.15. The SMILES string of the molecule is CC(Nc1ccc(Cl)cc1)C(=O)N/N=C/c1ccc2ccccc2c1. The van der Waals surface area contributed by atoms with Crippen molar-refractivity contribution in [1.29, 1.82) is 0 Å². The number of carbonyl (C=O) groups is 1. The molecule has 3 rings (SSSR count). The van der Waals surface area contributed by atoms with Crippen molar-refractivity contribution in [3.05, 3.63) is 77.3 Å². The van der Waals surface area contributed by atoms with E-state index in [1.807, 2.05) is 48.5 Å². The van der Waals surface area contributed by atoms with Crippen LogP contribution in [0.25, 0.3) is 10.8 Å². The molecule has 0 saturated heterocycles. The Morgan fingerprint density at radius 1 is 1.04 bits per heavy atom. The summed E-state index contributed by atoms with van der Waals surface area (Å²) in [7, 11) is 0. The number of anilines is 1. The van der Waals surface area contributed by atoms with Crippen LogP contribution in [-0.4, -0.2) is 18.2 Å². The highest BCUT2D eigenvalue weighted by molar-refractivity contribution is 6.30. The van der Waals surface area contributed by atoms with Gasteiger partial charge in [0.25, 0.3) is 5.91 Å². The van der Waals surface area contributed by atoms with E-state index >= 15 is 0 Å². The van der Waals surface area contributed by atoms with Crippen LogP contribution >= 0.6 is 11.6 Å². The van der Waals surface area contributed by atoms with Crippen LogP contribution in [0.15, 0.2) is 71.8 Å². The molecule has 3 aromatic rings. The summed E-state index contributed by atoms with van der Waals surface area (Å²) in [5, 5.41) is 10.1. The van der Waals surface area contributed by atoms with Gasteiger partial charge >= 0.3 is 0 Å². The Bertz CT molecular complexity index is 906. The quantitative estimate of drug-likeness (QED) is 0.527. The van der Waals surface area contributed by atoms with Crippen molar-refractivity contribution in [3.8, 4) is 0 Å². The Labute approximate surface area is 151 Å². The summed E-state index contributed by atoms with van der Waals surface area (Å²) in [5.74, 6) is -0.216. The van der Waals surface area contributed by atoms with Gasteiger partial charge in [0.1, 0.15) is 6.04 Å². The molecule has 0 fully saturated rings. The Balaban J connectivity index is 1.58. The van der Waals surface area contributed by atoms with Crippen LogP contribution in [0.2, 0.25) is 5.02 Å². The molecule has 3 aromatic carbocycles. The lowest BCUT2D eigenvalue weighted by Gasteiger charge is -2.13. The van der Waals surface area contributed by atoms with Gasteiger partial charge in [-0.05, 0) is 53.6 Å². The van der Waals surface area contributed by atoms with E-state index in [-0.39, 0.29) is 5.91 Å². The summed E-state index contributed by atoms with van der Waals surface area (Å²) in [6.45, 7) is 1.77. The molecule has 25 heavy (non-hydrogen) atoms. The van der Waals surface area contributed by atoms with Gasteiger partial charge in [-0.2, -0.15) is 5.10 Å². The number of amides is 1. The van der Waals surface area contributed by atoms with Crippen LogP contribution in [0.4, 0.5) is 5.69 Å². The average molecular weight is 352 g/mol. The number of hydrogen-bond acceptors (Lipinski definition) is 3. The molecule has 0 spiro atoms. The van der Waals surface area contributed by atoms with Gasteiger partial charge < -0.3 is 5.32 Å². The van der Waals surface area contributed by atoms with Crippen LogP contribution in [0, 0.1) is 0 Å². The van der Waals surface area contributed by atoms with Gasteiger partial charge in [-0.25, -0.2) is 5.43 Å². The Morgan fingerprint density at radius 3 is 2.52 bits per heavy atom. The Hall–Kier alpha value is -2.85. The van der Waals surface area contributed by atoms with Gasteiger partial charge in [0.05, 0.1) is 6.21 Å². The van der Waals surface area contributed by atoms with Crippen molar-refractivity contribution < 1.29 is 4.79 Å². The van der Waals surface area contributed by atoms with Crippen LogP contribution in [-0.2, 0) is 4.79 Å². The first kappa shape index (κ1) is 17.0. The van der Waals surface area contributed by atoms with E-state index in [0.29, 0.717) is 5.02 Å². The third-order valence-corrected chi connectivity index (χ3v) is 4.03. The molecule has 0 aliphatic rings. The monoisotopic (exact) mass is 351 g/mol. The Morgan fingerprint density at radius 2 is 1.76 bits per heavy atom. The van der Waals surface area contributed by atoms with Crippen molar-refractivity contribution in [2.45, 2.75) is 13.0 Å². The predicted molar refractivity (Wildman–Crippen MR) is 104 cm³/mol. The number of carbonyl (C=O) groups excluding carboxylic acids is 1. The fourth-order valence-corrected chi connectivity index (χ4v) is 2.54. The molecule has 4 nitrogen and oxygen atoms in total. The number of benzene rings is 3. The van der Waals surface area contributed by atoms with Crippen molar-refractivity contribution in [1.82, 2.24) is 5.43 Å². The molecule has 0 saturated carbocycles. The second-order valence-electron chi connectivity index (χ2n) is 5.71. The largest absolute Gasteiger partial charge is 0.374 e. The van der Waals surface area contributed by atoms with E-state index in [2.05, 4.69) is 21.9 Å². The average Bonchev–Trinajstić information content (AvgIpc) is 2.63. The maximum atomic E-state index is 12.1. The van der Waals surface area contributed by atoms with E-state index in [1.54, 1.807) is 25.3 Å². The molecule has 0 radical (unpaired) electrons. The normalized spacial score (nSPS) is 12.2. The van der Waals surface area contributed by atoms with Crippen LogP contribution < -0.4 is 10.7 Å². The first-order chi connectivity index (χ1) is 12.1. The van der Waals surface area contributed by atoms with Gasteiger partial charge in [-0.15, -0.1) is 0 Å². The highest BCUT2D eigenvalue weighted by Gasteiger charge is 2.11. The van der Waals surface area contributed by atoms with E-state index in [4.69, 9.17) is 11.6 Å². The van der Waals surface area contributed by atoms with Crippen molar-refractivity contribution in [3.63, 3.8) is 0 Å². The number of nitrogens with one attached hydrogen (secondary N) is 2. The molecule has 0 aliphatic carbocycles. The molecule has 5 heteroatoms. The first-order valence-corrected chi connectivity index (χ1v) is 8.33. The minimum Gasteiger partial charge on any atom is -0.374 e. The van der Waals surface area contributed by atoms with E-state index < -0.39 is 6.04 Å². The number of hydrazone groups is 1. The summed E-state index contributed by atoms with van der Waals surface area (Å²) < 4.78 is 0. The molecule has 0 bridgehead atoms. The molecule has 126 valence electrons. The fourth-order valence-electron chi connectivity index (χ4n) is 2.42. The van der Waals surface area contributed by atoms with Crippen LogP contribution in [0.5, 0.6) is 0 Å². The molecule has 0 aromatic heterocycles. The third kappa shape index (κ3) is 4.58. The molecular formula is C20H18ClN3O. The minimum atomic E-state index is -0.421. The maximum absolute atomic E-state index is 12.1. The van der Waals surface area contributed by atoms with Gasteiger partial charge in [0, 0.05) is 10.7 Å². The van der Waals surface area contributed by atoms with Crippen molar-refractivity contribution in [2.75, 3.05) is 5.32 Å². The first-order valence-electron chi connectivity index (χ1n) is 7.96. The fraction of sp³-hybridized carbons (Fsp3) is 0.100. The summed E-state index contributed by atoms with van der Waals surface area (Å²) in [6.07, 6.45) is 1.64. The number of hydrogen-bond donors (Lipinski definition) is 2. The highest BCUT2D eigenvalue weighted by atomic mass is 35.5. The number of rotatable bonds is 5. The topological polar surface area (TPSA) is 53.5 Å². The standard InChI is InChI=1S/C20H18ClN3O/c1-14(23-19-10-8-18(21)9-11-19)20(25)24-22-13-15-6-7-16-4-2-3-5-17(16)12-15/h2-14,23H,1H3,(H,24,25)/b22-13+. The zero-order valence-corrected chi connectivity index (χ0v) is 14.5. The molecular weight excluding hydrogens is 334 g/mol. The van der Waals surface area contributed by atoms with Gasteiger partial charge in [-0.3, -0.25) is 4.79 Å². The zero-order valence-electron chi connectivity index (χ0n) is 13.7. The van der Waals surface area contributed by atoms with Crippen LogP contribution in [0.3, 0.4) is 0 Å². The van der Waals surface area contributed by atoms with Crippen molar-refractivity contribution >= 4 is 40.2 Å². The zero-order chi connectivity index (χ0) is 17.6. The van der Waals surface area contributed by atoms with Gasteiger partial charge in [0.2, 0.25) is 0 Å². The number of fused-ring (bicyclic) bond motifs is 1. The van der Waals surface area contributed by atoms with Gasteiger partial charge in [0.15, 0.2) is 0 Å². The summed E-state index contributed by atoms with van der Waals surface area (Å²) in [5.41, 5.74) is 4.31. The highest BCUT2D eigenvalue weighted by Crippen LogP contribution is 2.15. The Kier molecular flexibility index (Phi) is 5.31. The molecule has 0 heterocycles. The van der Waals surface area contributed by atoms with Crippen molar-refractivity contribution in [2.24, 2.45) is 5.10 Å². The summed E-state index contributed by atoms with van der Waals surface area (Å²) in [6, 6.07) is 20.9. The van der Waals surface area contributed by atoms with E-state index in [9.17, 15) is 4.79 Å². The lowest BCUT2D eigenvalue weighted by molar-refractivity contribution is -0.121. The molecule has 0 aliphatic heterocycles. The minimum absolute atomic E-state index is 0.216. The predicted octanol–water partition coefficient (Wildman–Crippen LogP) is 4.44. The number of halogens is 1. The molecule has 2 N–H and O–H groups in total. The molecule has 1 unspecified atom stereocenters. The smallest absolute Gasteiger partial charge is 0.262 e. The summed E-state index contributed by atoms with van der Waals surface area (Å²) >= 11 is 5.85. The molecule has 1 atom stereocenters. The second kappa shape index (κ2) is 7.81. The molecule has 1 amide bonds.